The molecule has 1 heterocycles. The van der Waals surface area contributed by atoms with E-state index in [-0.39, 0.29) is 0 Å². The topological polar surface area (TPSA) is 37.0 Å². The summed E-state index contributed by atoms with van der Waals surface area (Å²) in [6.07, 6.45) is 1.17. The fraction of sp³-hybridized carbons (Fsp3) is 0.583. The molecule has 0 radical (unpaired) electrons. The Bertz CT molecular complexity index is 284. The zero-order valence-electron chi connectivity index (χ0n) is 9.88. The van der Waals surface area contributed by atoms with Crippen molar-refractivity contribution in [2.75, 3.05) is 23.7 Å². The molecule has 0 fully saturated rings. The number of hydrogen-bond acceptors (Lipinski definition) is 3. The van der Waals surface area contributed by atoms with Gasteiger partial charge in [-0.15, -0.1) is 0 Å². The molecule has 1 rings (SSSR count). The fourth-order valence-electron chi connectivity index (χ4n) is 1.30. The maximum atomic E-state index is 4.44. The lowest BCUT2D eigenvalue weighted by Crippen LogP contribution is -2.07. The van der Waals surface area contributed by atoms with Gasteiger partial charge >= 0.3 is 0 Å². The van der Waals surface area contributed by atoms with Crippen molar-refractivity contribution in [1.29, 1.82) is 0 Å². The molecule has 1 aromatic heterocycles. The van der Waals surface area contributed by atoms with Gasteiger partial charge in [0.1, 0.15) is 11.6 Å². The van der Waals surface area contributed by atoms with Crippen LogP contribution in [0.25, 0.3) is 0 Å². The standard InChI is InChI=1S/C12H21N3/c1-4-13-11-6-5-7-12(15-11)14-9-8-10(2)3/h5-7,10H,4,8-9H2,1-3H3,(H2,13,14,15). The molecular formula is C12H21N3. The van der Waals surface area contributed by atoms with E-state index in [0.29, 0.717) is 0 Å². The highest BCUT2D eigenvalue weighted by Crippen LogP contribution is 2.09. The summed E-state index contributed by atoms with van der Waals surface area (Å²) in [6, 6.07) is 6.00. The van der Waals surface area contributed by atoms with Crippen LogP contribution in [0.2, 0.25) is 0 Å². The van der Waals surface area contributed by atoms with Crippen LogP contribution >= 0.6 is 0 Å². The predicted octanol–water partition coefficient (Wildman–Crippen LogP) is 2.97. The highest BCUT2D eigenvalue weighted by Gasteiger charge is 1.97. The Morgan fingerprint density at radius 2 is 1.87 bits per heavy atom. The summed E-state index contributed by atoms with van der Waals surface area (Å²) in [5.41, 5.74) is 0. The van der Waals surface area contributed by atoms with Crippen molar-refractivity contribution in [1.82, 2.24) is 4.98 Å². The molecule has 1 aromatic rings. The molecule has 0 aliphatic rings. The normalized spacial score (nSPS) is 10.4. The first kappa shape index (κ1) is 11.8. The Hall–Kier alpha value is -1.25. The summed E-state index contributed by atoms with van der Waals surface area (Å²) in [5, 5.41) is 6.52. The second-order valence-corrected chi connectivity index (χ2v) is 4.05. The average Bonchev–Trinajstić information content (AvgIpc) is 2.18. The van der Waals surface area contributed by atoms with Crippen molar-refractivity contribution in [2.24, 2.45) is 5.92 Å². The van der Waals surface area contributed by atoms with Crippen LogP contribution < -0.4 is 10.6 Å². The highest BCUT2D eigenvalue weighted by atomic mass is 15.1. The zero-order valence-corrected chi connectivity index (χ0v) is 9.88. The van der Waals surface area contributed by atoms with Gasteiger partial charge in [0, 0.05) is 13.1 Å². The van der Waals surface area contributed by atoms with Gasteiger partial charge in [0.05, 0.1) is 0 Å². The van der Waals surface area contributed by atoms with Crippen LogP contribution in [0, 0.1) is 5.92 Å². The molecule has 0 atom stereocenters. The van der Waals surface area contributed by atoms with E-state index < -0.39 is 0 Å². The SMILES string of the molecule is CCNc1cccc(NCCC(C)C)n1. The van der Waals surface area contributed by atoms with Crippen LogP contribution in [0.4, 0.5) is 11.6 Å². The molecule has 0 spiro atoms. The summed E-state index contributed by atoms with van der Waals surface area (Å²) in [6.45, 7) is 8.41. The molecule has 0 amide bonds. The maximum Gasteiger partial charge on any atom is 0.128 e. The molecule has 3 nitrogen and oxygen atoms in total. The van der Waals surface area contributed by atoms with Crippen LogP contribution in [0.5, 0.6) is 0 Å². The average molecular weight is 207 g/mol. The van der Waals surface area contributed by atoms with Crippen molar-refractivity contribution in [3.63, 3.8) is 0 Å². The first-order valence-corrected chi connectivity index (χ1v) is 5.67. The molecule has 0 saturated heterocycles. The van der Waals surface area contributed by atoms with Crippen molar-refractivity contribution < 1.29 is 0 Å². The molecule has 2 N–H and O–H groups in total. The number of aromatic nitrogens is 1. The van der Waals surface area contributed by atoms with E-state index in [1.54, 1.807) is 0 Å². The van der Waals surface area contributed by atoms with E-state index in [4.69, 9.17) is 0 Å². The van der Waals surface area contributed by atoms with Crippen molar-refractivity contribution >= 4 is 11.6 Å². The van der Waals surface area contributed by atoms with Crippen LogP contribution in [0.15, 0.2) is 18.2 Å². The van der Waals surface area contributed by atoms with Gasteiger partial charge in [-0.05, 0) is 31.4 Å². The Morgan fingerprint density at radius 1 is 1.20 bits per heavy atom. The summed E-state index contributed by atoms with van der Waals surface area (Å²) >= 11 is 0. The minimum absolute atomic E-state index is 0.731. The quantitative estimate of drug-likeness (QED) is 0.753. The van der Waals surface area contributed by atoms with Gasteiger partial charge in [0.15, 0.2) is 0 Å². The lowest BCUT2D eigenvalue weighted by atomic mass is 10.1. The van der Waals surface area contributed by atoms with Crippen LogP contribution in [-0.2, 0) is 0 Å². The minimum Gasteiger partial charge on any atom is -0.370 e. The lowest BCUT2D eigenvalue weighted by molar-refractivity contribution is 0.606. The first-order valence-electron chi connectivity index (χ1n) is 5.67. The molecule has 84 valence electrons. The first-order chi connectivity index (χ1) is 7.22. The molecule has 0 bridgehead atoms. The van der Waals surface area contributed by atoms with Gasteiger partial charge in [0.25, 0.3) is 0 Å². The van der Waals surface area contributed by atoms with Crippen molar-refractivity contribution in [3.8, 4) is 0 Å². The van der Waals surface area contributed by atoms with E-state index in [1.165, 1.54) is 6.42 Å². The number of hydrogen-bond donors (Lipinski definition) is 2. The third-order valence-corrected chi connectivity index (χ3v) is 2.13. The van der Waals surface area contributed by atoms with E-state index in [0.717, 1.165) is 30.6 Å². The third kappa shape index (κ3) is 4.68. The van der Waals surface area contributed by atoms with Crippen molar-refractivity contribution in [3.05, 3.63) is 18.2 Å². The molecule has 0 aromatic carbocycles. The van der Waals surface area contributed by atoms with Gasteiger partial charge in [-0.1, -0.05) is 19.9 Å². The Labute approximate surface area is 92.3 Å². The summed E-state index contributed by atoms with van der Waals surface area (Å²) in [5.74, 6) is 2.62. The monoisotopic (exact) mass is 207 g/mol. The second-order valence-electron chi connectivity index (χ2n) is 4.05. The summed E-state index contributed by atoms with van der Waals surface area (Å²) in [4.78, 5) is 4.44. The molecule has 0 unspecified atom stereocenters. The number of nitrogens with zero attached hydrogens (tertiary/aromatic N) is 1. The number of nitrogens with one attached hydrogen (secondary N) is 2. The molecule has 0 aliphatic carbocycles. The number of rotatable bonds is 6. The van der Waals surface area contributed by atoms with E-state index in [2.05, 4.69) is 36.4 Å². The van der Waals surface area contributed by atoms with Gasteiger partial charge in [-0.25, -0.2) is 4.98 Å². The predicted molar refractivity (Wildman–Crippen MR) is 66.3 cm³/mol. The molecule has 0 saturated carbocycles. The molecule has 15 heavy (non-hydrogen) atoms. The van der Waals surface area contributed by atoms with Crippen LogP contribution in [0.1, 0.15) is 27.2 Å². The Balaban J connectivity index is 2.43. The van der Waals surface area contributed by atoms with Crippen molar-refractivity contribution in [2.45, 2.75) is 27.2 Å². The third-order valence-electron chi connectivity index (χ3n) is 2.13. The Kier molecular flexibility index (Phi) is 4.95. The second kappa shape index (κ2) is 6.27. The molecule has 0 aliphatic heterocycles. The van der Waals surface area contributed by atoms with E-state index >= 15 is 0 Å². The summed E-state index contributed by atoms with van der Waals surface area (Å²) in [7, 11) is 0. The summed E-state index contributed by atoms with van der Waals surface area (Å²) < 4.78 is 0. The number of pyridine rings is 1. The minimum atomic E-state index is 0.731. The zero-order chi connectivity index (χ0) is 11.1. The van der Waals surface area contributed by atoms with Crippen LogP contribution in [0.3, 0.4) is 0 Å². The smallest absolute Gasteiger partial charge is 0.128 e. The van der Waals surface area contributed by atoms with Crippen LogP contribution in [-0.4, -0.2) is 18.1 Å². The van der Waals surface area contributed by atoms with Gasteiger partial charge in [-0.3, -0.25) is 0 Å². The fourth-order valence-corrected chi connectivity index (χ4v) is 1.30. The number of anilines is 2. The highest BCUT2D eigenvalue weighted by molar-refractivity contribution is 5.44. The van der Waals surface area contributed by atoms with Gasteiger partial charge < -0.3 is 10.6 Å². The molecule has 3 heteroatoms. The van der Waals surface area contributed by atoms with E-state index in [9.17, 15) is 0 Å². The largest absolute Gasteiger partial charge is 0.370 e. The Morgan fingerprint density at radius 3 is 2.47 bits per heavy atom. The maximum absolute atomic E-state index is 4.44. The van der Waals surface area contributed by atoms with E-state index in [1.807, 2.05) is 18.2 Å². The lowest BCUT2D eigenvalue weighted by Gasteiger charge is -2.09. The van der Waals surface area contributed by atoms with Gasteiger partial charge in [0.2, 0.25) is 0 Å². The molecular weight excluding hydrogens is 186 g/mol. The van der Waals surface area contributed by atoms with Gasteiger partial charge in [-0.2, -0.15) is 0 Å².